The van der Waals surface area contributed by atoms with Crippen LogP contribution in [0.2, 0.25) is 0 Å². The van der Waals surface area contributed by atoms with Crippen molar-refractivity contribution >= 4 is 40.9 Å². The molecule has 1 aliphatic heterocycles. The third kappa shape index (κ3) is 10.1. The van der Waals surface area contributed by atoms with E-state index in [1.165, 1.54) is 23.1 Å². The minimum Gasteiger partial charge on any atom is -0.462 e. The van der Waals surface area contributed by atoms with Gasteiger partial charge in [-0.1, -0.05) is 63.9 Å². The van der Waals surface area contributed by atoms with Crippen molar-refractivity contribution in [2.75, 3.05) is 25.5 Å². The van der Waals surface area contributed by atoms with Crippen molar-refractivity contribution in [3.05, 3.63) is 23.2 Å². The normalized spacial score (nSPS) is 16.9. The van der Waals surface area contributed by atoms with E-state index in [9.17, 15) is 19.5 Å². The fraction of sp³-hybridized carbons (Fsp3) is 0.704. The number of rotatable bonds is 17. The Bertz CT molecular complexity index is 899. The third-order valence-electron chi connectivity index (χ3n) is 6.89. The second-order valence-corrected chi connectivity index (χ2v) is 11.7. The first-order chi connectivity index (χ1) is 17.7. The zero-order valence-electron chi connectivity index (χ0n) is 22.6. The van der Waals surface area contributed by atoms with Crippen molar-refractivity contribution in [1.82, 2.24) is 9.88 Å². The molecule has 1 aliphatic rings. The summed E-state index contributed by atoms with van der Waals surface area (Å²) in [5.41, 5.74) is -0.294. The number of amides is 1. The van der Waals surface area contributed by atoms with Gasteiger partial charge in [0, 0.05) is 24.1 Å². The van der Waals surface area contributed by atoms with Crippen molar-refractivity contribution in [2.24, 2.45) is 5.41 Å². The van der Waals surface area contributed by atoms with Crippen molar-refractivity contribution in [1.29, 1.82) is 0 Å². The number of aliphatic hydroxyl groups excluding tert-OH is 1. The highest BCUT2D eigenvalue weighted by Crippen LogP contribution is 2.27. The lowest BCUT2D eigenvalue weighted by molar-refractivity contribution is -0.156. The molecule has 2 atom stereocenters. The van der Waals surface area contributed by atoms with E-state index in [2.05, 4.69) is 11.9 Å². The summed E-state index contributed by atoms with van der Waals surface area (Å²) in [6.45, 7) is 8.47. The summed E-state index contributed by atoms with van der Waals surface area (Å²) in [5.74, 6) is -0.0534. The summed E-state index contributed by atoms with van der Waals surface area (Å²) in [7, 11) is 0. The number of aromatic nitrogens is 1. The number of carbonyl (C=O) groups is 3. The van der Waals surface area contributed by atoms with Crippen molar-refractivity contribution in [3.63, 3.8) is 0 Å². The summed E-state index contributed by atoms with van der Waals surface area (Å²) >= 11 is 2.84. The smallest absolute Gasteiger partial charge is 0.357 e. The van der Waals surface area contributed by atoms with E-state index < -0.39 is 17.5 Å². The molecule has 10 heteroatoms. The zero-order chi connectivity index (χ0) is 27.3. The molecule has 0 saturated carbocycles. The van der Waals surface area contributed by atoms with Gasteiger partial charge in [-0.15, -0.1) is 11.3 Å². The standard InChI is InChI=1S/C27H42N2O6S2/c1-5-8-9-10-21(30)13-11-20-12-14-23(31)29(20)15-18-36-26-28-22(19-37-26)24(32)34-16-17-35-25(33)27(4,6-2)7-3/h11,13,19-21,30H,5-10,12,14-18H2,1-4H3/t20-,21-/m0/s1. The van der Waals surface area contributed by atoms with Crippen molar-refractivity contribution in [2.45, 2.75) is 95.5 Å². The second kappa shape index (κ2) is 16.1. The van der Waals surface area contributed by atoms with Crippen LogP contribution in [0.25, 0.3) is 0 Å². The van der Waals surface area contributed by atoms with E-state index in [4.69, 9.17) is 9.47 Å². The van der Waals surface area contributed by atoms with Crippen LogP contribution in [0.5, 0.6) is 0 Å². The Hall–Kier alpha value is -1.91. The molecule has 1 amide bonds. The van der Waals surface area contributed by atoms with Crippen LogP contribution in [0.15, 0.2) is 21.9 Å². The monoisotopic (exact) mass is 554 g/mol. The van der Waals surface area contributed by atoms with Gasteiger partial charge in [-0.05, 0) is 32.6 Å². The van der Waals surface area contributed by atoms with Gasteiger partial charge in [0.2, 0.25) is 5.91 Å². The maximum Gasteiger partial charge on any atom is 0.357 e. The van der Waals surface area contributed by atoms with E-state index in [1.54, 1.807) is 5.38 Å². The predicted molar refractivity (Wildman–Crippen MR) is 147 cm³/mol. The quantitative estimate of drug-likeness (QED) is 0.120. The Balaban J connectivity index is 1.73. The van der Waals surface area contributed by atoms with Crippen LogP contribution in [0.4, 0.5) is 0 Å². The van der Waals surface area contributed by atoms with Gasteiger partial charge in [0.1, 0.15) is 13.2 Å². The molecule has 2 rings (SSSR count). The molecule has 0 spiro atoms. The van der Waals surface area contributed by atoms with Crippen LogP contribution in [0.3, 0.4) is 0 Å². The first-order valence-corrected chi connectivity index (χ1v) is 15.2. The summed E-state index contributed by atoms with van der Waals surface area (Å²) < 4.78 is 11.2. The van der Waals surface area contributed by atoms with Gasteiger partial charge in [0.25, 0.3) is 0 Å². The van der Waals surface area contributed by atoms with E-state index in [1.807, 2.05) is 37.8 Å². The number of hydrogen-bond acceptors (Lipinski definition) is 9. The highest BCUT2D eigenvalue weighted by Gasteiger charge is 2.31. The summed E-state index contributed by atoms with van der Waals surface area (Å²) in [6.07, 6.45) is 9.96. The third-order valence-corrected chi connectivity index (χ3v) is 8.89. The number of ether oxygens (including phenoxy) is 2. The molecule has 0 aliphatic carbocycles. The fourth-order valence-corrected chi connectivity index (χ4v) is 5.71. The number of likely N-dealkylation sites (tertiary alicyclic amines) is 1. The molecule has 37 heavy (non-hydrogen) atoms. The van der Waals surface area contributed by atoms with Gasteiger partial charge in [-0.3, -0.25) is 9.59 Å². The van der Waals surface area contributed by atoms with E-state index >= 15 is 0 Å². The Morgan fingerprint density at radius 3 is 2.70 bits per heavy atom. The minimum atomic E-state index is -0.551. The maximum atomic E-state index is 12.3. The Labute approximate surface area is 229 Å². The molecule has 0 aromatic carbocycles. The summed E-state index contributed by atoms with van der Waals surface area (Å²) in [5, 5.41) is 11.8. The van der Waals surface area contributed by atoms with Gasteiger partial charge >= 0.3 is 11.9 Å². The van der Waals surface area contributed by atoms with Crippen LogP contribution in [-0.4, -0.2) is 70.5 Å². The number of esters is 2. The van der Waals surface area contributed by atoms with Gasteiger partial charge in [-0.2, -0.15) is 0 Å². The van der Waals surface area contributed by atoms with Crippen molar-refractivity contribution < 1.29 is 29.0 Å². The number of unbranched alkanes of at least 4 members (excludes halogenated alkanes) is 2. The first-order valence-electron chi connectivity index (χ1n) is 13.3. The zero-order valence-corrected chi connectivity index (χ0v) is 24.2. The Morgan fingerprint density at radius 1 is 1.27 bits per heavy atom. The average Bonchev–Trinajstić information content (AvgIpc) is 3.51. The molecule has 0 bridgehead atoms. The molecule has 1 saturated heterocycles. The number of hydrogen-bond donors (Lipinski definition) is 1. The molecular weight excluding hydrogens is 512 g/mol. The SMILES string of the molecule is CCCCC[C@H](O)C=C[C@H]1CCC(=O)N1CCSc1nc(C(=O)OCCOC(=O)C(C)(CC)CC)cs1. The maximum absolute atomic E-state index is 12.3. The van der Waals surface area contributed by atoms with Gasteiger partial charge in [-0.25, -0.2) is 9.78 Å². The van der Waals surface area contributed by atoms with Crippen LogP contribution in [0, 0.1) is 5.41 Å². The molecular formula is C27H42N2O6S2. The molecule has 1 N–H and O–H groups in total. The topological polar surface area (TPSA) is 106 Å². The predicted octanol–water partition coefficient (Wildman–Crippen LogP) is 5.25. The molecule has 2 heterocycles. The van der Waals surface area contributed by atoms with Gasteiger partial charge in [0.05, 0.1) is 17.6 Å². The highest BCUT2D eigenvalue weighted by molar-refractivity contribution is 8.01. The lowest BCUT2D eigenvalue weighted by Gasteiger charge is -2.23. The molecule has 1 aromatic heterocycles. The average molecular weight is 555 g/mol. The van der Waals surface area contributed by atoms with Crippen LogP contribution >= 0.6 is 23.1 Å². The van der Waals surface area contributed by atoms with Crippen LogP contribution in [-0.2, 0) is 19.1 Å². The minimum absolute atomic E-state index is 0.0115. The molecule has 1 fully saturated rings. The lowest BCUT2D eigenvalue weighted by atomic mass is 9.85. The molecule has 0 radical (unpaired) electrons. The Kier molecular flexibility index (Phi) is 13.7. The first kappa shape index (κ1) is 31.3. The number of aliphatic hydroxyl groups is 1. The Morgan fingerprint density at radius 2 is 2.00 bits per heavy atom. The molecule has 0 unspecified atom stereocenters. The second-order valence-electron chi connectivity index (χ2n) is 9.53. The molecule has 8 nitrogen and oxygen atoms in total. The highest BCUT2D eigenvalue weighted by atomic mass is 32.2. The summed E-state index contributed by atoms with van der Waals surface area (Å²) in [6, 6.07) is 0.0115. The van der Waals surface area contributed by atoms with E-state index in [-0.39, 0.29) is 36.8 Å². The fourth-order valence-electron chi connectivity index (χ4n) is 3.91. The lowest BCUT2D eigenvalue weighted by Crippen LogP contribution is -2.33. The van der Waals surface area contributed by atoms with E-state index in [0.29, 0.717) is 31.6 Å². The van der Waals surface area contributed by atoms with Gasteiger partial charge < -0.3 is 19.5 Å². The van der Waals surface area contributed by atoms with Crippen LogP contribution < -0.4 is 0 Å². The number of thiazole rings is 1. The molecule has 1 aromatic rings. The largest absolute Gasteiger partial charge is 0.462 e. The van der Waals surface area contributed by atoms with E-state index in [0.717, 1.165) is 36.4 Å². The number of thioether (sulfide) groups is 1. The number of carbonyl (C=O) groups excluding carboxylic acids is 3. The van der Waals surface area contributed by atoms with Crippen LogP contribution in [0.1, 0.15) is 89.5 Å². The summed E-state index contributed by atoms with van der Waals surface area (Å²) in [4.78, 5) is 43.0. The van der Waals surface area contributed by atoms with Crippen molar-refractivity contribution in [3.8, 4) is 0 Å². The number of nitrogens with zero attached hydrogens (tertiary/aromatic N) is 2. The molecule has 208 valence electrons. The van der Waals surface area contributed by atoms with Gasteiger partial charge in [0.15, 0.2) is 10.0 Å².